The first-order chi connectivity index (χ1) is 14.2. The van der Waals surface area contributed by atoms with E-state index >= 15 is 0 Å². The second-order valence-corrected chi connectivity index (χ2v) is 8.51. The SMILES string of the molecule is CN(C(=O)[C@H]1CN(Cc2ccccc2)C[C@@H]1CO)c1ncc(-c2ccccc2)s1. The fourth-order valence-corrected chi connectivity index (χ4v) is 4.78. The van der Waals surface area contributed by atoms with Gasteiger partial charge in [-0.3, -0.25) is 14.6 Å². The molecule has 0 spiro atoms. The van der Waals surface area contributed by atoms with E-state index in [0.29, 0.717) is 11.7 Å². The highest BCUT2D eigenvalue weighted by Gasteiger charge is 2.39. The number of aromatic nitrogens is 1. The van der Waals surface area contributed by atoms with Crippen molar-refractivity contribution in [3.63, 3.8) is 0 Å². The third-order valence-corrected chi connectivity index (χ3v) is 6.61. The van der Waals surface area contributed by atoms with Gasteiger partial charge >= 0.3 is 0 Å². The Morgan fingerprint density at radius 2 is 1.83 bits per heavy atom. The van der Waals surface area contributed by atoms with Crippen molar-refractivity contribution in [2.24, 2.45) is 11.8 Å². The molecule has 0 radical (unpaired) electrons. The van der Waals surface area contributed by atoms with Gasteiger partial charge in [-0.1, -0.05) is 72.0 Å². The number of aliphatic hydroxyl groups excluding tert-OH is 1. The van der Waals surface area contributed by atoms with Crippen molar-refractivity contribution in [3.05, 3.63) is 72.4 Å². The Balaban J connectivity index is 1.46. The van der Waals surface area contributed by atoms with Gasteiger partial charge in [-0.25, -0.2) is 4.98 Å². The van der Waals surface area contributed by atoms with Gasteiger partial charge in [0.15, 0.2) is 5.13 Å². The average molecular weight is 408 g/mol. The van der Waals surface area contributed by atoms with Gasteiger partial charge in [-0.05, 0) is 11.1 Å². The molecule has 4 rings (SSSR count). The van der Waals surface area contributed by atoms with E-state index in [1.54, 1.807) is 11.9 Å². The minimum Gasteiger partial charge on any atom is -0.396 e. The van der Waals surface area contributed by atoms with Crippen LogP contribution in [0.5, 0.6) is 0 Å². The number of hydrogen-bond acceptors (Lipinski definition) is 5. The van der Waals surface area contributed by atoms with Gasteiger partial charge in [0.25, 0.3) is 0 Å². The van der Waals surface area contributed by atoms with Crippen molar-refractivity contribution in [1.82, 2.24) is 9.88 Å². The zero-order valence-electron chi connectivity index (χ0n) is 16.4. The summed E-state index contributed by atoms with van der Waals surface area (Å²) in [5, 5.41) is 10.6. The van der Waals surface area contributed by atoms with Crippen molar-refractivity contribution in [1.29, 1.82) is 0 Å². The average Bonchev–Trinajstić information content (AvgIpc) is 3.41. The molecule has 5 nitrogen and oxygen atoms in total. The first kappa shape index (κ1) is 19.8. The van der Waals surface area contributed by atoms with E-state index in [1.807, 2.05) is 54.7 Å². The first-order valence-corrected chi connectivity index (χ1v) is 10.6. The van der Waals surface area contributed by atoms with Crippen LogP contribution in [0.2, 0.25) is 0 Å². The minimum absolute atomic E-state index is 0.0165. The summed E-state index contributed by atoms with van der Waals surface area (Å²) >= 11 is 1.51. The molecule has 0 bridgehead atoms. The minimum atomic E-state index is -0.224. The van der Waals surface area contributed by atoms with E-state index in [0.717, 1.165) is 23.5 Å². The summed E-state index contributed by atoms with van der Waals surface area (Å²) in [4.78, 5) is 22.6. The summed E-state index contributed by atoms with van der Waals surface area (Å²) in [5.74, 6) is -0.256. The highest BCUT2D eigenvalue weighted by molar-refractivity contribution is 7.19. The fraction of sp³-hybridized carbons (Fsp3) is 0.304. The molecule has 1 aromatic heterocycles. The predicted molar refractivity (Wildman–Crippen MR) is 117 cm³/mol. The molecular formula is C23H25N3O2S. The van der Waals surface area contributed by atoms with Crippen LogP contribution >= 0.6 is 11.3 Å². The number of amides is 1. The summed E-state index contributed by atoms with van der Waals surface area (Å²) < 4.78 is 0. The molecular weight excluding hydrogens is 382 g/mol. The number of carbonyl (C=O) groups is 1. The van der Waals surface area contributed by atoms with Crippen LogP contribution in [-0.4, -0.2) is 47.6 Å². The van der Waals surface area contributed by atoms with Crippen LogP contribution in [0.1, 0.15) is 5.56 Å². The number of anilines is 1. The lowest BCUT2D eigenvalue weighted by Gasteiger charge is -2.21. The van der Waals surface area contributed by atoms with E-state index in [9.17, 15) is 9.90 Å². The maximum absolute atomic E-state index is 13.2. The monoisotopic (exact) mass is 407 g/mol. The molecule has 0 saturated carbocycles. The molecule has 1 saturated heterocycles. The zero-order chi connectivity index (χ0) is 20.2. The summed E-state index contributed by atoms with van der Waals surface area (Å²) in [6.07, 6.45) is 1.82. The Hall–Kier alpha value is -2.54. The van der Waals surface area contributed by atoms with Gasteiger partial charge in [-0.15, -0.1) is 0 Å². The highest BCUT2D eigenvalue weighted by Crippen LogP contribution is 2.33. The van der Waals surface area contributed by atoms with Crippen LogP contribution in [0.3, 0.4) is 0 Å². The smallest absolute Gasteiger partial charge is 0.233 e. The summed E-state index contributed by atoms with van der Waals surface area (Å²) in [6, 6.07) is 20.3. The second kappa shape index (κ2) is 8.86. The van der Waals surface area contributed by atoms with E-state index in [4.69, 9.17) is 0 Å². The van der Waals surface area contributed by atoms with Gasteiger partial charge in [0, 0.05) is 45.4 Å². The molecule has 150 valence electrons. The van der Waals surface area contributed by atoms with Crippen molar-refractivity contribution in [2.45, 2.75) is 6.54 Å². The topological polar surface area (TPSA) is 56.7 Å². The van der Waals surface area contributed by atoms with Crippen molar-refractivity contribution >= 4 is 22.4 Å². The molecule has 2 atom stereocenters. The Morgan fingerprint density at radius 1 is 1.14 bits per heavy atom. The molecule has 1 amide bonds. The van der Waals surface area contributed by atoms with E-state index in [-0.39, 0.29) is 24.3 Å². The highest BCUT2D eigenvalue weighted by atomic mass is 32.1. The van der Waals surface area contributed by atoms with Crippen molar-refractivity contribution < 1.29 is 9.90 Å². The molecule has 6 heteroatoms. The van der Waals surface area contributed by atoms with Crippen LogP contribution in [0.15, 0.2) is 66.9 Å². The number of hydrogen-bond donors (Lipinski definition) is 1. The molecule has 2 aromatic carbocycles. The Kier molecular flexibility index (Phi) is 6.04. The first-order valence-electron chi connectivity index (χ1n) is 9.81. The number of carbonyl (C=O) groups excluding carboxylic acids is 1. The zero-order valence-corrected chi connectivity index (χ0v) is 17.3. The molecule has 29 heavy (non-hydrogen) atoms. The van der Waals surface area contributed by atoms with Crippen molar-refractivity contribution in [3.8, 4) is 10.4 Å². The number of benzene rings is 2. The predicted octanol–water partition coefficient (Wildman–Crippen LogP) is 3.51. The van der Waals surface area contributed by atoms with E-state index in [2.05, 4.69) is 22.0 Å². The number of rotatable bonds is 6. The van der Waals surface area contributed by atoms with Gasteiger partial charge in [0.05, 0.1) is 10.8 Å². The third-order valence-electron chi connectivity index (χ3n) is 5.49. The van der Waals surface area contributed by atoms with Crippen LogP contribution in [0.25, 0.3) is 10.4 Å². The maximum Gasteiger partial charge on any atom is 0.233 e. The number of likely N-dealkylation sites (tertiary alicyclic amines) is 1. The largest absolute Gasteiger partial charge is 0.396 e. The summed E-state index contributed by atoms with van der Waals surface area (Å²) in [5.41, 5.74) is 2.32. The van der Waals surface area contributed by atoms with Gasteiger partial charge in [0.2, 0.25) is 5.91 Å². The fourth-order valence-electron chi connectivity index (χ4n) is 3.89. The molecule has 1 aliphatic rings. The third kappa shape index (κ3) is 4.40. The number of thiazole rings is 1. The second-order valence-electron chi connectivity index (χ2n) is 7.50. The van der Waals surface area contributed by atoms with Crippen LogP contribution in [0, 0.1) is 11.8 Å². The van der Waals surface area contributed by atoms with Gasteiger partial charge < -0.3 is 5.11 Å². The van der Waals surface area contributed by atoms with Crippen molar-refractivity contribution in [2.75, 3.05) is 31.6 Å². The van der Waals surface area contributed by atoms with Gasteiger partial charge in [0.1, 0.15) is 0 Å². The van der Waals surface area contributed by atoms with Crippen LogP contribution in [0.4, 0.5) is 5.13 Å². The lowest BCUT2D eigenvalue weighted by atomic mass is 9.96. The standard InChI is InChI=1S/C23H25N3O2S/c1-25(23-24-12-21(29-23)18-10-6-3-7-11-18)22(28)20-15-26(14-19(20)16-27)13-17-8-4-2-5-9-17/h2-12,19-20,27H,13-16H2,1H3/t19-,20+/m1/s1. The Bertz CT molecular complexity index is 945. The Labute approximate surface area is 175 Å². The number of nitrogens with zero attached hydrogens (tertiary/aromatic N) is 3. The molecule has 1 N–H and O–H groups in total. The van der Waals surface area contributed by atoms with Crippen LogP contribution < -0.4 is 4.90 Å². The molecule has 1 fully saturated rings. The van der Waals surface area contributed by atoms with E-state index < -0.39 is 0 Å². The molecule has 0 aliphatic carbocycles. The normalized spacial score (nSPS) is 19.4. The molecule has 3 aromatic rings. The lowest BCUT2D eigenvalue weighted by molar-refractivity contribution is -0.123. The van der Waals surface area contributed by atoms with Gasteiger partial charge in [-0.2, -0.15) is 0 Å². The molecule has 1 aliphatic heterocycles. The van der Waals surface area contributed by atoms with E-state index in [1.165, 1.54) is 16.9 Å². The summed E-state index contributed by atoms with van der Waals surface area (Å²) in [7, 11) is 1.78. The molecule has 0 unspecified atom stereocenters. The maximum atomic E-state index is 13.2. The molecule has 2 heterocycles. The number of aliphatic hydroxyl groups is 1. The lowest BCUT2D eigenvalue weighted by Crippen LogP contribution is -2.37. The van der Waals surface area contributed by atoms with Crippen LogP contribution in [-0.2, 0) is 11.3 Å². The Morgan fingerprint density at radius 3 is 2.52 bits per heavy atom. The summed E-state index contributed by atoms with van der Waals surface area (Å²) in [6.45, 7) is 2.19. The quantitative estimate of drug-likeness (QED) is 0.679.